The fraction of sp³-hybridized carbons (Fsp3) is 0.512. The molecule has 1 saturated carbocycles. The van der Waals surface area contributed by atoms with E-state index in [1.54, 1.807) is 16.7 Å². The number of allylic oxidation sites excluding steroid dienone is 8. The first-order valence-corrected chi connectivity index (χ1v) is 20.3. The van der Waals surface area contributed by atoms with Crippen molar-refractivity contribution in [2.75, 3.05) is 18.6 Å². The zero-order chi connectivity index (χ0) is 30.6. The van der Waals surface area contributed by atoms with Gasteiger partial charge in [0.05, 0.1) is 19.7 Å². The number of benzene rings is 2. The van der Waals surface area contributed by atoms with Crippen molar-refractivity contribution < 1.29 is 4.74 Å². The van der Waals surface area contributed by atoms with E-state index in [-0.39, 0.29) is 5.60 Å². The summed E-state index contributed by atoms with van der Waals surface area (Å²) in [6.07, 6.45) is 24.9. The van der Waals surface area contributed by atoms with Gasteiger partial charge in [-0.3, -0.25) is 0 Å². The zero-order valence-electron chi connectivity index (χ0n) is 27.9. The van der Waals surface area contributed by atoms with Crippen molar-refractivity contribution in [1.29, 1.82) is 0 Å². The molecule has 8 unspecified atom stereocenters. The van der Waals surface area contributed by atoms with E-state index in [1.165, 1.54) is 43.0 Å². The fourth-order valence-electron chi connectivity index (χ4n) is 10.4. The summed E-state index contributed by atoms with van der Waals surface area (Å²) in [5.74, 6) is 3.09. The van der Waals surface area contributed by atoms with Crippen LogP contribution in [0.3, 0.4) is 0 Å². The summed E-state index contributed by atoms with van der Waals surface area (Å²) >= 11 is 0. The van der Waals surface area contributed by atoms with Crippen molar-refractivity contribution >= 4 is 13.8 Å². The van der Waals surface area contributed by atoms with Crippen LogP contribution in [0.1, 0.15) is 86.2 Å². The number of aryl methyl sites for hydroxylation is 1. The number of hydrogen-bond acceptors (Lipinski definition) is 2. The molecule has 5 aliphatic rings. The number of likely N-dealkylation sites (N-methyl/N-ethyl adjacent to an activating group) is 1. The minimum atomic E-state index is -1.98. The Morgan fingerprint density at radius 2 is 1.36 bits per heavy atom. The van der Waals surface area contributed by atoms with E-state index in [1.807, 2.05) is 0 Å². The highest BCUT2D eigenvalue weighted by atomic mass is 28.3. The van der Waals surface area contributed by atoms with Crippen molar-refractivity contribution in [2.24, 2.45) is 23.7 Å². The number of fused-ring (bicyclic) bond motifs is 8. The first-order valence-electron chi connectivity index (χ1n) is 17.5. The van der Waals surface area contributed by atoms with E-state index in [0.29, 0.717) is 41.2 Å². The monoisotopic (exact) mass is 603 g/mol. The lowest BCUT2D eigenvalue weighted by molar-refractivity contribution is -0.00471. The van der Waals surface area contributed by atoms with Crippen LogP contribution in [-0.2, 0) is 4.74 Å². The molecule has 0 N–H and O–H groups in total. The van der Waals surface area contributed by atoms with Crippen LogP contribution in [0.2, 0.25) is 18.1 Å². The highest BCUT2D eigenvalue weighted by Crippen LogP contribution is 2.68. The van der Waals surface area contributed by atoms with Gasteiger partial charge in [-0.2, -0.15) is 0 Å². The lowest BCUT2D eigenvalue weighted by atomic mass is 9.83. The normalized spacial score (nSPS) is 32.3. The second kappa shape index (κ2) is 11.6. The molecule has 0 amide bonds. The molecule has 232 valence electrons. The Bertz CT molecular complexity index is 1460. The smallest absolute Gasteiger partial charge is 0.0634 e. The average molecular weight is 604 g/mol. The molecular formula is C41H53NOSi. The van der Waals surface area contributed by atoms with Crippen LogP contribution in [0.15, 0.2) is 91.1 Å². The van der Waals surface area contributed by atoms with Gasteiger partial charge in [-0.05, 0) is 91.6 Å². The molecule has 3 heteroatoms. The Hall–Kier alpha value is -2.62. The third-order valence-corrected chi connectivity index (χ3v) is 17.8. The molecule has 0 radical (unpaired) electrons. The van der Waals surface area contributed by atoms with Gasteiger partial charge in [0, 0.05) is 25.3 Å². The Balaban J connectivity index is 1.28. The molecule has 0 saturated heterocycles. The summed E-state index contributed by atoms with van der Waals surface area (Å²) in [4.78, 5) is 2.63. The fourth-order valence-corrected chi connectivity index (χ4v) is 17.0. The molecule has 2 aromatic rings. The molecular weight excluding hydrogens is 551 g/mol. The summed E-state index contributed by atoms with van der Waals surface area (Å²) in [5.41, 5.74) is 9.07. The number of rotatable bonds is 9. The van der Waals surface area contributed by atoms with Gasteiger partial charge in [-0.1, -0.05) is 122 Å². The summed E-state index contributed by atoms with van der Waals surface area (Å²) in [6, 6.07) is 18.8. The molecule has 8 atom stereocenters. The average Bonchev–Trinajstić information content (AvgIpc) is 3.62. The SMILES string of the molecule is Cc1ccc2c(c1)C1C(c3ccccc3C1[Si](C)(CCCCCCOC(C)(C)C)C1C3C=CC=CC3C3C=CC=CC31)N2C. The molecule has 0 spiro atoms. The molecule has 4 aliphatic carbocycles. The lowest BCUT2D eigenvalue weighted by Gasteiger charge is -2.47. The minimum absolute atomic E-state index is 0.0412. The zero-order valence-corrected chi connectivity index (χ0v) is 28.9. The van der Waals surface area contributed by atoms with E-state index >= 15 is 0 Å². The van der Waals surface area contributed by atoms with E-state index in [4.69, 9.17) is 4.74 Å². The largest absolute Gasteiger partial charge is 0.376 e. The van der Waals surface area contributed by atoms with Gasteiger partial charge in [0.1, 0.15) is 0 Å². The number of anilines is 1. The highest BCUT2D eigenvalue weighted by Gasteiger charge is 2.62. The minimum Gasteiger partial charge on any atom is -0.376 e. The van der Waals surface area contributed by atoms with Gasteiger partial charge in [0.25, 0.3) is 0 Å². The van der Waals surface area contributed by atoms with Gasteiger partial charge < -0.3 is 9.64 Å². The maximum atomic E-state index is 6.07. The first kappa shape index (κ1) is 30.1. The molecule has 1 fully saturated rings. The van der Waals surface area contributed by atoms with E-state index in [2.05, 4.69) is 137 Å². The molecule has 2 aromatic carbocycles. The molecule has 0 aromatic heterocycles. The van der Waals surface area contributed by atoms with Crippen LogP contribution in [0, 0.1) is 30.6 Å². The van der Waals surface area contributed by atoms with Gasteiger partial charge in [0.2, 0.25) is 0 Å². The third kappa shape index (κ3) is 5.03. The van der Waals surface area contributed by atoms with Crippen LogP contribution >= 0.6 is 0 Å². The molecule has 44 heavy (non-hydrogen) atoms. The summed E-state index contributed by atoms with van der Waals surface area (Å²) in [5, 5.41) is 0. The Labute approximate surface area is 268 Å². The topological polar surface area (TPSA) is 12.5 Å². The van der Waals surface area contributed by atoms with Crippen LogP contribution in [0.4, 0.5) is 5.69 Å². The molecule has 7 rings (SSSR count). The van der Waals surface area contributed by atoms with E-state index in [0.717, 1.165) is 12.1 Å². The standard InChI is InChI=1S/C41H53NOSi/c1-28-23-24-36-35(27-28)37-38(42(36)5)31-19-11-14-22-34(31)40(37)44(6,26-16-8-7-15-25-43-41(2,3)4)39-32-20-12-9-17-29(32)30-18-10-13-21-33(30)39/h9-14,17-24,27,29-30,32-33,37-40H,7-8,15-16,25-26H2,1-6H3. The predicted octanol–water partition coefficient (Wildman–Crippen LogP) is 10.5. The molecule has 1 aliphatic heterocycles. The van der Waals surface area contributed by atoms with Gasteiger partial charge >= 0.3 is 0 Å². The van der Waals surface area contributed by atoms with Crippen molar-refractivity contribution in [3.8, 4) is 0 Å². The summed E-state index contributed by atoms with van der Waals surface area (Å²) in [7, 11) is 0.384. The molecule has 1 heterocycles. The number of hydrogen-bond donors (Lipinski definition) is 0. The van der Waals surface area contributed by atoms with Crippen LogP contribution in [0.25, 0.3) is 0 Å². The third-order valence-electron chi connectivity index (χ3n) is 12.0. The Morgan fingerprint density at radius 1 is 0.750 bits per heavy atom. The maximum absolute atomic E-state index is 6.07. The molecule has 2 nitrogen and oxygen atoms in total. The van der Waals surface area contributed by atoms with E-state index in [9.17, 15) is 0 Å². The van der Waals surface area contributed by atoms with Crippen LogP contribution in [-0.4, -0.2) is 27.3 Å². The number of ether oxygens (including phenoxy) is 1. The maximum Gasteiger partial charge on any atom is 0.0634 e. The van der Waals surface area contributed by atoms with Crippen LogP contribution in [0.5, 0.6) is 0 Å². The number of nitrogens with zero attached hydrogens (tertiary/aromatic N) is 1. The van der Waals surface area contributed by atoms with Crippen LogP contribution < -0.4 is 4.90 Å². The second-order valence-electron chi connectivity index (χ2n) is 15.8. The second-order valence-corrected chi connectivity index (χ2v) is 20.6. The van der Waals surface area contributed by atoms with Crippen molar-refractivity contribution in [3.63, 3.8) is 0 Å². The van der Waals surface area contributed by atoms with Crippen molar-refractivity contribution in [1.82, 2.24) is 0 Å². The predicted molar refractivity (Wildman–Crippen MR) is 189 cm³/mol. The quantitative estimate of drug-likeness (QED) is 0.209. The lowest BCUT2D eigenvalue weighted by Crippen LogP contribution is -2.48. The number of unbranched alkanes of at least 4 members (excludes halogenated alkanes) is 3. The van der Waals surface area contributed by atoms with E-state index < -0.39 is 8.07 Å². The Kier molecular flexibility index (Phi) is 7.94. The van der Waals surface area contributed by atoms with Crippen molar-refractivity contribution in [2.45, 2.75) is 94.6 Å². The van der Waals surface area contributed by atoms with Crippen molar-refractivity contribution in [3.05, 3.63) is 113 Å². The highest BCUT2D eigenvalue weighted by molar-refractivity contribution is 6.82. The first-order chi connectivity index (χ1) is 21.2. The molecule has 0 bridgehead atoms. The summed E-state index contributed by atoms with van der Waals surface area (Å²) < 4.78 is 6.07. The van der Waals surface area contributed by atoms with Gasteiger partial charge in [0.15, 0.2) is 0 Å². The Morgan fingerprint density at radius 3 is 2.02 bits per heavy atom. The van der Waals surface area contributed by atoms with Gasteiger partial charge in [-0.25, -0.2) is 0 Å². The van der Waals surface area contributed by atoms with Gasteiger partial charge in [-0.15, -0.1) is 0 Å². The summed E-state index contributed by atoms with van der Waals surface area (Å²) in [6.45, 7) is 12.5.